The molecule has 0 aliphatic carbocycles. The molecule has 0 saturated carbocycles. The topological polar surface area (TPSA) is 97.6 Å². The lowest BCUT2D eigenvalue weighted by Gasteiger charge is -2.37. The number of nitrogens with zero attached hydrogens (tertiary/aromatic N) is 1. The molecule has 96 valence electrons. The molecule has 0 aromatic rings. The fourth-order valence-corrected chi connectivity index (χ4v) is 1.90. The van der Waals surface area contributed by atoms with Crippen LogP contribution in [0.15, 0.2) is 4.99 Å². The average molecular weight is 245 g/mol. The number of hydrogen-bond donors (Lipinski definition) is 2. The summed E-state index contributed by atoms with van der Waals surface area (Å²) in [5, 5.41) is 19.6. The first-order chi connectivity index (χ1) is 7.99. The van der Waals surface area contributed by atoms with Crippen LogP contribution in [0.4, 0.5) is 0 Å². The SMILES string of the molecule is CC(=O)OC[C@H]1OC2OC(C)=N[C@@H]2[C@@H](O)[C@H]1O. The second-order valence-electron chi connectivity index (χ2n) is 4.08. The van der Waals surface area contributed by atoms with E-state index < -0.39 is 36.6 Å². The van der Waals surface area contributed by atoms with Crippen molar-refractivity contribution in [2.24, 2.45) is 4.99 Å². The highest BCUT2D eigenvalue weighted by molar-refractivity contribution is 5.75. The van der Waals surface area contributed by atoms with Crippen molar-refractivity contribution in [3.05, 3.63) is 0 Å². The van der Waals surface area contributed by atoms with Gasteiger partial charge in [0.25, 0.3) is 0 Å². The number of aliphatic hydroxyl groups is 2. The van der Waals surface area contributed by atoms with Crippen molar-refractivity contribution < 1.29 is 29.2 Å². The molecule has 0 amide bonds. The van der Waals surface area contributed by atoms with E-state index in [1.54, 1.807) is 6.92 Å². The molecule has 2 aliphatic heterocycles. The van der Waals surface area contributed by atoms with Crippen LogP contribution in [0.1, 0.15) is 13.8 Å². The summed E-state index contributed by atoms with van der Waals surface area (Å²) in [4.78, 5) is 14.7. The minimum Gasteiger partial charge on any atom is -0.463 e. The number of aliphatic hydroxyl groups excluding tert-OH is 2. The maximum Gasteiger partial charge on any atom is 0.302 e. The lowest BCUT2D eigenvalue weighted by molar-refractivity contribution is -0.236. The van der Waals surface area contributed by atoms with Gasteiger partial charge in [0.2, 0.25) is 6.29 Å². The van der Waals surface area contributed by atoms with Gasteiger partial charge < -0.3 is 24.4 Å². The Bertz CT molecular complexity index is 344. The number of esters is 1. The summed E-state index contributed by atoms with van der Waals surface area (Å²) in [5.74, 6) is -0.0726. The number of ether oxygens (including phenoxy) is 3. The summed E-state index contributed by atoms with van der Waals surface area (Å²) in [6.45, 7) is 2.77. The molecule has 1 fully saturated rings. The van der Waals surface area contributed by atoms with Crippen molar-refractivity contribution in [3.8, 4) is 0 Å². The van der Waals surface area contributed by atoms with E-state index >= 15 is 0 Å². The van der Waals surface area contributed by atoms with Crippen LogP contribution in [0, 0.1) is 0 Å². The van der Waals surface area contributed by atoms with E-state index in [9.17, 15) is 15.0 Å². The van der Waals surface area contributed by atoms with Crippen molar-refractivity contribution in [2.75, 3.05) is 6.61 Å². The highest BCUT2D eigenvalue weighted by Gasteiger charge is 2.48. The van der Waals surface area contributed by atoms with Gasteiger partial charge in [-0.05, 0) is 0 Å². The number of fused-ring (bicyclic) bond motifs is 1. The summed E-state index contributed by atoms with van der Waals surface area (Å²) >= 11 is 0. The molecule has 1 saturated heterocycles. The summed E-state index contributed by atoms with van der Waals surface area (Å²) in [7, 11) is 0. The first-order valence-electron chi connectivity index (χ1n) is 5.35. The molecule has 1 unspecified atom stereocenters. The normalized spacial score (nSPS) is 40.2. The van der Waals surface area contributed by atoms with Gasteiger partial charge in [-0.1, -0.05) is 0 Å². The zero-order valence-electron chi connectivity index (χ0n) is 9.57. The lowest BCUT2D eigenvalue weighted by atomic mass is 9.98. The Hall–Kier alpha value is -1.18. The van der Waals surface area contributed by atoms with E-state index in [0.717, 1.165) is 0 Å². The number of hydrogen-bond acceptors (Lipinski definition) is 7. The molecule has 2 N–H and O–H groups in total. The van der Waals surface area contributed by atoms with E-state index in [1.807, 2.05) is 0 Å². The molecule has 2 aliphatic rings. The van der Waals surface area contributed by atoms with Crippen LogP contribution in [-0.2, 0) is 19.0 Å². The van der Waals surface area contributed by atoms with Crippen LogP contribution in [-0.4, -0.2) is 59.3 Å². The van der Waals surface area contributed by atoms with Crippen LogP contribution in [0.3, 0.4) is 0 Å². The zero-order chi connectivity index (χ0) is 12.6. The molecule has 0 aromatic carbocycles. The monoisotopic (exact) mass is 245 g/mol. The Morgan fingerprint density at radius 1 is 1.47 bits per heavy atom. The quantitative estimate of drug-likeness (QED) is 0.594. The van der Waals surface area contributed by atoms with Gasteiger partial charge in [0.1, 0.15) is 31.0 Å². The number of aliphatic imine (C=N–C) groups is 1. The Morgan fingerprint density at radius 3 is 2.82 bits per heavy atom. The second kappa shape index (κ2) is 4.59. The van der Waals surface area contributed by atoms with Gasteiger partial charge in [0.05, 0.1) is 0 Å². The van der Waals surface area contributed by atoms with Crippen LogP contribution >= 0.6 is 0 Å². The molecule has 2 heterocycles. The number of carbonyl (C=O) groups is 1. The van der Waals surface area contributed by atoms with Crippen molar-refractivity contribution >= 4 is 11.9 Å². The Kier molecular flexibility index (Phi) is 3.32. The standard InChI is InChI=1S/C10H15NO6/c1-4-11-7-9(14)8(13)6(3-15-5(2)12)17-10(7)16-4/h6-10,13-14H,3H2,1-2H3/t6-,7-,8+,9-,10?/m1/s1. The molecule has 0 aromatic heterocycles. The average Bonchev–Trinajstić information content (AvgIpc) is 2.62. The summed E-state index contributed by atoms with van der Waals surface area (Å²) < 4.78 is 15.4. The summed E-state index contributed by atoms with van der Waals surface area (Å²) in [5.41, 5.74) is 0. The van der Waals surface area contributed by atoms with Crippen LogP contribution in [0.2, 0.25) is 0 Å². The predicted octanol–water partition coefficient (Wildman–Crippen LogP) is -1.19. The van der Waals surface area contributed by atoms with Crippen LogP contribution in [0.5, 0.6) is 0 Å². The Morgan fingerprint density at radius 2 is 2.18 bits per heavy atom. The van der Waals surface area contributed by atoms with Crippen LogP contribution in [0.25, 0.3) is 0 Å². The Labute approximate surface area is 98.0 Å². The van der Waals surface area contributed by atoms with Gasteiger partial charge in [-0.2, -0.15) is 0 Å². The van der Waals surface area contributed by atoms with E-state index in [-0.39, 0.29) is 6.61 Å². The molecule has 0 bridgehead atoms. The molecule has 17 heavy (non-hydrogen) atoms. The zero-order valence-corrected chi connectivity index (χ0v) is 9.57. The first kappa shape index (κ1) is 12.3. The van der Waals surface area contributed by atoms with E-state index in [0.29, 0.717) is 5.90 Å². The molecule has 0 spiro atoms. The maximum absolute atomic E-state index is 10.7. The third-order valence-electron chi connectivity index (χ3n) is 2.74. The minimum atomic E-state index is -1.16. The van der Waals surface area contributed by atoms with Gasteiger partial charge >= 0.3 is 5.97 Å². The fourth-order valence-electron chi connectivity index (χ4n) is 1.90. The van der Waals surface area contributed by atoms with Crippen molar-refractivity contribution in [3.63, 3.8) is 0 Å². The number of carbonyl (C=O) groups excluding carboxylic acids is 1. The van der Waals surface area contributed by atoms with Gasteiger partial charge in [-0.25, -0.2) is 4.99 Å². The minimum absolute atomic E-state index is 0.126. The van der Waals surface area contributed by atoms with Gasteiger partial charge in [-0.15, -0.1) is 0 Å². The summed E-state index contributed by atoms with van der Waals surface area (Å²) in [6, 6.07) is -0.626. The molecule has 7 heteroatoms. The highest BCUT2D eigenvalue weighted by Crippen LogP contribution is 2.28. The second-order valence-corrected chi connectivity index (χ2v) is 4.08. The lowest BCUT2D eigenvalue weighted by Crippen LogP contribution is -2.57. The molecular weight excluding hydrogens is 230 g/mol. The summed E-state index contributed by atoms with van der Waals surface area (Å²) in [6.07, 6.45) is -3.79. The van der Waals surface area contributed by atoms with Crippen molar-refractivity contribution in [1.82, 2.24) is 0 Å². The fraction of sp³-hybridized carbons (Fsp3) is 0.800. The Balaban J connectivity index is 2.01. The third-order valence-corrected chi connectivity index (χ3v) is 2.74. The van der Waals surface area contributed by atoms with Crippen molar-refractivity contribution in [2.45, 2.75) is 44.5 Å². The van der Waals surface area contributed by atoms with Gasteiger partial charge in [-0.3, -0.25) is 4.79 Å². The first-order valence-corrected chi connectivity index (χ1v) is 5.35. The largest absolute Gasteiger partial charge is 0.463 e. The molecule has 0 radical (unpaired) electrons. The predicted molar refractivity (Wildman–Crippen MR) is 55.3 cm³/mol. The van der Waals surface area contributed by atoms with Gasteiger partial charge in [0.15, 0.2) is 5.90 Å². The highest BCUT2D eigenvalue weighted by atomic mass is 16.7. The third kappa shape index (κ3) is 2.41. The van der Waals surface area contributed by atoms with Gasteiger partial charge in [0, 0.05) is 13.8 Å². The van der Waals surface area contributed by atoms with Crippen molar-refractivity contribution in [1.29, 1.82) is 0 Å². The number of rotatable bonds is 2. The molecule has 5 atom stereocenters. The van der Waals surface area contributed by atoms with Crippen LogP contribution < -0.4 is 0 Å². The molecule has 2 rings (SSSR count). The molecule has 7 nitrogen and oxygen atoms in total. The smallest absolute Gasteiger partial charge is 0.302 e. The van der Waals surface area contributed by atoms with E-state index in [1.165, 1.54) is 6.92 Å². The maximum atomic E-state index is 10.7. The molecular formula is C10H15NO6. The van der Waals surface area contributed by atoms with E-state index in [2.05, 4.69) is 4.99 Å². The van der Waals surface area contributed by atoms with E-state index in [4.69, 9.17) is 14.2 Å².